The molecule has 0 aromatic heterocycles. The van der Waals surface area contributed by atoms with Crippen LogP contribution in [0.25, 0.3) is 0 Å². The van der Waals surface area contributed by atoms with Crippen LogP contribution in [0.3, 0.4) is 0 Å². The Morgan fingerprint density at radius 1 is 1.25 bits per heavy atom. The van der Waals surface area contributed by atoms with Crippen molar-refractivity contribution in [3.8, 4) is 0 Å². The largest absolute Gasteiger partial charge is 0.478 e. The Morgan fingerprint density at radius 3 is 2.36 bits per heavy atom. The van der Waals surface area contributed by atoms with E-state index in [1.54, 1.807) is 6.07 Å². The van der Waals surface area contributed by atoms with E-state index in [-0.39, 0.29) is 17.9 Å². The number of aromatic carboxylic acids is 1. The molecule has 0 bridgehead atoms. The van der Waals surface area contributed by atoms with E-state index in [1.807, 2.05) is 11.9 Å². The van der Waals surface area contributed by atoms with Gasteiger partial charge in [-0.2, -0.15) is 13.2 Å². The molecule has 0 unspecified atom stereocenters. The number of anilines is 2. The predicted octanol–water partition coefficient (Wildman–Crippen LogP) is 2.07. The molecule has 0 radical (unpaired) electrons. The highest BCUT2D eigenvalue weighted by atomic mass is 19.4. The lowest BCUT2D eigenvalue weighted by molar-refractivity contribution is -0.171. The number of alkyl halides is 3. The highest BCUT2D eigenvalue weighted by Crippen LogP contribution is 2.32. The SMILES string of the molecule is COC[C@H](C)N(C(=O)C(F)(F)F)c1cc(N2CCN(C)CC2)ccc1C(=O)O. The smallest absolute Gasteiger partial charge is 0.471 e. The van der Waals surface area contributed by atoms with Crippen LogP contribution in [-0.2, 0) is 9.53 Å². The molecule has 1 amide bonds. The van der Waals surface area contributed by atoms with Gasteiger partial charge in [0.1, 0.15) is 0 Å². The van der Waals surface area contributed by atoms with Crippen LogP contribution >= 0.6 is 0 Å². The minimum Gasteiger partial charge on any atom is -0.478 e. The summed E-state index contributed by atoms with van der Waals surface area (Å²) in [7, 11) is 3.26. The lowest BCUT2D eigenvalue weighted by atomic mass is 10.1. The standard InChI is InChI=1S/C18H24F3N3O4/c1-12(11-28-3)24(17(27)18(19,20)21)15-10-13(4-5-14(15)16(25)26)23-8-6-22(2)7-9-23/h4-5,10,12H,6-9,11H2,1-3H3,(H,25,26)/t12-/m0/s1. The number of carboxylic acid groups (broad SMARTS) is 1. The summed E-state index contributed by atoms with van der Waals surface area (Å²) in [5, 5.41) is 9.48. The van der Waals surface area contributed by atoms with Crippen LogP contribution in [0.2, 0.25) is 0 Å². The van der Waals surface area contributed by atoms with E-state index in [4.69, 9.17) is 4.74 Å². The number of piperazine rings is 1. The molecule has 156 valence electrons. The van der Waals surface area contributed by atoms with Gasteiger partial charge in [-0.15, -0.1) is 0 Å². The molecule has 7 nitrogen and oxygen atoms in total. The minimum absolute atomic E-state index is 0.181. The minimum atomic E-state index is -5.15. The molecule has 1 fully saturated rings. The van der Waals surface area contributed by atoms with Gasteiger partial charge in [-0.3, -0.25) is 9.69 Å². The van der Waals surface area contributed by atoms with Crippen molar-refractivity contribution in [3.63, 3.8) is 0 Å². The van der Waals surface area contributed by atoms with Crippen LogP contribution in [0.5, 0.6) is 0 Å². The number of hydrogen-bond donors (Lipinski definition) is 1. The van der Waals surface area contributed by atoms with Gasteiger partial charge in [-0.25, -0.2) is 4.79 Å². The van der Waals surface area contributed by atoms with Crippen LogP contribution in [0.4, 0.5) is 24.5 Å². The number of nitrogens with zero attached hydrogens (tertiary/aromatic N) is 3. The number of methoxy groups -OCH3 is 1. The van der Waals surface area contributed by atoms with E-state index < -0.39 is 24.1 Å². The fraction of sp³-hybridized carbons (Fsp3) is 0.556. The number of carboxylic acids is 1. The summed E-state index contributed by atoms with van der Waals surface area (Å²) in [6.45, 7) is 4.01. The molecular weight excluding hydrogens is 379 g/mol. The Balaban J connectivity index is 2.53. The summed E-state index contributed by atoms with van der Waals surface area (Å²) in [5.41, 5.74) is -0.105. The van der Waals surface area contributed by atoms with Crippen LogP contribution in [0, 0.1) is 0 Å². The second-order valence-electron chi connectivity index (χ2n) is 6.77. The molecule has 28 heavy (non-hydrogen) atoms. The molecular formula is C18H24F3N3O4. The molecule has 1 N–H and O–H groups in total. The third kappa shape index (κ3) is 4.93. The van der Waals surface area contributed by atoms with Crippen LogP contribution < -0.4 is 9.80 Å². The van der Waals surface area contributed by atoms with Crippen molar-refractivity contribution >= 4 is 23.3 Å². The molecule has 1 aliphatic heterocycles. The molecule has 1 aromatic carbocycles. The summed E-state index contributed by atoms with van der Waals surface area (Å²) in [6, 6.07) is 3.11. The Morgan fingerprint density at radius 2 is 1.86 bits per heavy atom. The number of amides is 1. The average Bonchev–Trinajstić information content (AvgIpc) is 2.61. The van der Waals surface area contributed by atoms with E-state index in [0.717, 1.165) is 13.1 Å². The lowest BCUT2D eigenvalue weighted by Crippen LogP contribution is -2.49. The first-order chi connectivity index (χ1) is 13.1. The normalized spacial score (nSPS) is 16.7. The number of benzene rings is 1. The third-order valence-electron chi connectivity index (χ3n) is 4.65. The van der Waals surface area contributed by atoms with Gasteiger partial charge in [0.15, 0.2) is 0 Å². The second-order valence-corrected chi connectivity index (χ2v) is 6.77. The van der Waals surface area contributed by atoms with Gasteiger partial charge in [-0.1, -0.05) is 0 Å². The zero-order valence-corrected chi connectivity index (χ0v) is 16.0. The summed E-state index contributed by atoms with van der Waals surface area (Å²) in [4.78, 5) is 28.3. The van der Waals surface area contributed by atoms with Gasteiger partial charge in [0.2, 0.25) is 0 Å². The fourth-order valence-electron chi connectivity index (χ4n) is 3.16. The maximum Gasteiger partial charge on any atom is 0.471 e. The summed E-state index contributed by atoms with van der Waals surface area (Å²) in [6.07, 6.45) is -5.15. The van der Waals surface area contributed by atoms with Crippen molar-refractivity contribution in [1.82, 2.24) is 4.90 Å². The maximum atomic E-state index is 13.2. The summed E-state index contributed by atoms with van der Waals surface area (Å²) < 4.78 is 44.6. The first-order valence-corrected chi connectivity index (χ1v) is 8.76. The summed E-state index contributed by atoms with van der Waals surface area (Å²) >= 11 is 0. The molecule has 1 aromatic rings. The van der Waals surface area contributed by atoms with E-state index in [0.29, 0.717) is 23.7 Å². The Labute approximate surface area is 161 Å². The molecule has 1 heterocycles. The number of ether oxygens (including phenoxy) is 1. The first-order valence-electron chi connectivity index (χ1n) is 8.76. The molecule has 0 saturated carbocycles. The van der Waals surface area contributed by atoms with Crippen molar-refractivity contribution in [2.75, 3.05) is 56.7 Å². The average molecular weight is 403 g/mol. The summed E-state index contributed by atoms with van der Waals surface area (Å²) in [5.74, 6) is -3.54. The van der Waals surface area contributed by atoms with E-state index in [2.05, 4.69) is 4.90 Å². The van der Waals surface area contributed by atoms with Crippen LogP contribution in [0.15, 0.2) is 18.2 Å². The van der Waals surface area contributed by atoms with Gasteiger partial charge in [0.25, 0.3) is 0 Å². The number of carbonyl (C=O) groups is 2. The van der Waals surface area contributed by atoms with Crippen molar-refractivity contribution in [3.05, 3.63) is 23.8 Å². The van der Waals surface area contributed by atoms with Crippen LogP contribution in [-0.4, -0.2) is 81.0 Å². The molecule has 0 aliphatic carbocycles. The van der Waals surface area contributed by atoms with E-state index >= 15 is 0 Å². The number of hydrogen-bond acceptors (Lipinski definition) is 5. The van der Waals surface area contributed by atoms with Gasteiger partial charge >= 0.3 is 18.1 Å². The highest BCUT2D eigenvalue weighted by Gasteiger charge is 2.45. The number of carbonyl (C=O) groups excluding carboxylic acids is 1. The third-order valence-corrected chi connectivity index (χ3v) is 4.65. The lowest BCUT2D eigenvalue weighted by Gasteiger charge is -2.35. The Hall–Kier alpha value is -2.33. The zero-order chi connectivity index (χ0) is 21.1. The Kier molecular flexibility index (Phi) is 6.89. The Bertz CT molecular complexity index is 719. The zero-order valence-electron chi connectivity index (χ0n) is 16.0. The van der Waals surface area contributed by atoms with Gasteiger partial charge < -0.3 is 19.6 Å². The molecule has 0 spiro atoms. The molecule has 1 atom stereocenters. The fourth-order valence-corrected chi connectivity index (χ4v) is 3.16. The highest BCUT2D eigenvalue weighted by molar-refractivity contribution is 6.04. The van der Waals surface area contributed by atoms with Gasteiger partial charge in [0.05, 0.1) is 23.9 Å². The second kappa shape index (κ2) is 8.78. The monoisotopic (exact) mass is 403 g/mol. The molecule has 1 aliphatic rings. The topological polar surface area (TPSA) is 73.3 Å². The maximum absolute atomic E-state index is 13.2. The van der Waals surface area contributed by atoms with Crippen molar-refractivity contribution < 1.29 is 32.6 Å². The quantitative estimate of drug-likeness (QED) is 0.784. The number of rotatable bonds is 6. The first kappa shape index (κ1) is 22.0. The van der Waals surface area contributed by atoms with Gasteiger partial charge in [0, 0.05) is 39.0 Å². The van der Waals surface area contributed by atoms with Crippen LogP contribution in [0.1, 0.15) is 17.3 Å². The van der Waals surface area contributed by atoms with E-state index in [1.165, 1.54) is 26.2 Å². The molecule has 1 saturated heterocycles. The molecule has 2 rings (SSSR count). The molecule has 10 heteroatoms. The van der Waals surface area contributed by atoms with E-state index in [9.17, 15) is 27.9 Å². The van der Waals surface area contributed by atoms with Crippen molar-refractivity contribution in [2.45, 2.75) is 19.1 Å². The predicted molar refractivity (Wildman–Crippen MR) is 98.0 cm³/mol. The van der Waals surface area contributed by atoms with Crippen molar-refractivity contribution in [2.24, 2.45) is 0 Å². The number of likely N-dealkylation sites (N-methyl/N-ethyl adjacent to an activating group) is 1. The number of halogens is 3. The van der Waals surface area contributed by atoms with Crippen molar-refractivity contribution in [1.29, 1.82) is 0 Å². The van der Waals surface area contributed by atoms with Gasteiger partial charge in [-0.05, 0) is 32.2 Å².